The molecule has 0 aliphatic carbocycles. The van der Waals surface area contributed by atoms with E-state index in [1.54, 1.807) is 18.2 Å². The van der Waals surface area contributed by atoms with Gasteiger partial charge in [0, 0.05) is 10.7 Å². The number of amides is 2. The van der Waals surface area contributed by atoms with Crippen LogP contribution in [0.5, 0.6) is 0 Å². The van der Waals surface area contributed by atoms with Crippen molar-refractivity contribution in [3.63, 3.8) is 0 Å². The number of carbonyl (C=O) groups excluding carboxylic acids is 1. The Labute approximate surface area is 75.5 Å². The number of halogens is 1. The van der Waals surface area contributed by atoms with Crippen LogP contribution in [0, 0.1) is 6.92 Å². The number of hydrogen-bond donors (Lipinski definition) is 2. The number of nitrogens with two attached hydrogens (primary N) is 1. The van der Waals surface area contributed by atoms with Gasteiger partial charge < -0.3 is 11.1 Å². The van der Waals surface area contributed by atoms with Gasteiger partial charge in [-0.15, -0.1) is 0 Å². The van der Waals surface area contributed by atoms with Crippen LogP contribution in [0.15, 0.2) is 18.2 Å². The third-order valence-corrected chi connectivity index (χ3v) is 1.85. The van der Waals surface area contributed by atoms with Crippen molar-refractivity contribution in [3.05, 3.63) is 28.8 Å². The van der Waals surface area contributed by atoms with Gasteiger partial charge in [0.15, 0.2) is 0 Å². The van der Waals surface area contributed by atoms with E-state index in [4.69, 9.17) is 17.3 Å². The van der Waals surface area contributed by atoms with E-state index in [1.165, 1.54) is 0 Å². The van der Waals surface area contributed by atoms with Gasteiger partial charge in [-0.05, 0) is 30.7 Å². The Morgan fingerprint density at radius 3 is 2.75 bits per heavy atom. The standard InChI is InChI=1S/C8H9ClN2O/c1-5-4-6(11-8(10)12)2-3-7(5)9/h2-4H,1H3,(H3,10,11,12). The summed E-state index contributed by atoms with van der Waals surface area (Å²) in [5.74, 6) is 0. The molecule has 1 aromatic rings. The number of rotatable bonds is 1. The molecule has 0 atom stereocenters. The Kier molecular flexibility index (Phi) is 2.55. The molecule has 0 heterocycles. The molecule has 12 heavy (non-hydrogen) atoms. The summed E-state index contributed by atoms with van der Waals surface area (Å²) < 4.78 is 0. The van der Waals surface area contributed by atoms with E-state index < -0.39 is 6.03 Å². The summed E-state index contributed by atoms with van der Waals surface area (Å²) in [6.07, 6.45) is 0. The molecule has 0 saturated carbocycles. The summed E-state index contributed by atoms with van der Waals surface area (Å²) in [5.41, 5.74) is 6.49. The summed E-state index contributed by atoms with van der Waals surface area (Å²) in [6.45, 7) is 1.86. The SMILES string of the molecule is Cc1cc(NC(N)=O)ccc1Cl. The number of carbonyl (C=O) groups is 1. The second kappa shape index (κ2) is 3.45. The van der Waals surface area contributed by atoms with Crippen molar-refractivity contribution in [2.45, 2.75) is 6.92 Å². The first kappa shape index (κ1) is 8.87. The monoisotopic (exact) mass is 184 g/mol. The smallest absolute Gasteiger partial charge is 0.316 e. The van der Waals surface area contributed by atoms with Gasteiger partial charge in [0.2, 0.25) is 0 Å². The van der Waals surface area contributed by atoms with Crippen molar-refractivity contribution >= 4 is 23.3 Å². The lowest BCUT2D eigenvalue weighted by molar-refractivity contribution is 0.259. The lowest BCUT2D eigenvalue weighted by Crippen LogP contribution is -2.19. The second-order valence-corrected chi connectivity index (χ2v) is 2.86. The highest BCUT2D eigenvalue weighted by Crippen LogP contribution is 2.18. The van der Waals surface area contributed by atoms with Crippen LogP contribution in [-0.2, 0) is 0 Å². The molecular formula is C8H9ClN2O. The summed E-state index contributed by atoms with van der Waals surface area (Å²) in [5, 5.41) is 3.12. The highest BCUT2D eigenvalue weighted by Gasteiger charge is 1.98. The number of urea groups is 1. The third-order valence-electron chi connectivity index (χ3n) is 1.43. The van der Waals surface area contributed by atoms with Crippen LogP contribution in [0.3, 0.4) is 0 Å². The normalized spacial score (nSPS) is 9.50. The largest absolute Gasteiger partial charge is 0.351 e. The van der Waals surface area contributed by atoms with Crippen LogP contribution in [0.1, 0.15) is 5.56 Å². The molecule has 3 N–H and O–H groups in total. The minimum absolute atomic E-state index is 0.572. The zero-order valence-electron chi connectivity index (χ0n) is 6.60. The Balaban J connectivity index is 2.89. The fraction of sp³-hybridized carbons (Fsp3) is 0.125. The number of aryl methyl sites for hydroxylation is 1. The van der Waals surface area contributed by atoms with Gasteiger partial charge in [0.05, 0.1) is 0 Å². The van der Waals surface area contributed by atoms with Crippen molar-refractivity contribution < 1.29 is 4.79 Å². The molecule has 0 aliphatic heterocycles. The third kappa shape index (κ3) is 2.13. The topological polar surface area (TPSA) is 55.1 Å². The van der Waals surface area contributed by atoms with E-state index >= 15 is 0 Å². The van der Waals surface area contributed by atoms with Crippen LogP contribution in [-0.4, -0.2) is 6.03 Å². The maximum atomic E-state index is 10.4. The molecule has 0 fully saturated rings. The van der Waals surface area contributed by atoms with Crippen molar-refractivity contribution in [1.29, 1.82) is 0 Å². The molecule has 3 nitrogen and oxygen atoms in total. The highest BCUT2D eigenvalue weighted by atomic mass is 35.5. The molecule has 0 aromatic heterocycles. The van der Waals surface area contributed by atoms with Crippen molar-refractivity contribution in [2.75, 3.05) is 5.32 Å². The molecule has 1 aromatic carbocycles. The molecule has 1 rings (SSSR count). The van der Waals surface area contributed by atoms with Crippen LogP contribution in [0.25, 0.3) is 0 Å². The number of nitrogens with one attached hydrogen (secondary N) is 1. The van der Waals surface area contributed by atoms with E-state index in [2.05, 4.69) is 5.32 Å². The van der Waals surface area contributed by atoms with Crippen LogP contribution in [0.2, 0.25) is 5.02 Å². The molecule has 64 valence electrons. The van der Waals surface area contributed by atoms with Gasteiger partial charge in [-0.25, -0.2) is 4.79 Å². The van der Waals surface area contributed by atoms with E-state index in [-0.39, 0.29) is 0 Å². The molecule has 0 saturated heterocycles. The molecule has 0 aliphatic rings. The molecule has 2 amide bonds. The van der Waals surface area contributed by atoms with Gasteiger partial charge in [0.1, 0.15) is 0 Å². The molecular weight excluding hydrogens is 176 g/mol. The number of primary amides is 1. The Morgan fingerprint density at radius 1 is 1.58 bits per heavy atom. The first-order valence-corrected chi connectivity index (χ1v) is 3.80. The van der Waals surface area contributed by atoms with Gasteiger partial charge in [-0.2, -0.15) is 0 Å². The zero-order valence-corrected chi connectivity index (χ0v) is 7.35. The predicted molar refractivity (Wildman–Crippen MR) is 49.4 cm³/mol. The number of anilines is 1. The minimum Gasteiger partial charge on any atom is -0.351 e. The summed E-state index contributed by atoms with van der Waals surface area (Å²) in [7, 11) is 0. The lowest BCUT2D eigenvalue weighted by atomic mass is 10.2. The Hall–Kier alpha value is -1.22. The van der Waals surface area contributed by atoms with Gasteiger partial charge in [0.25, 0.3) is 0 Å². The lowest BCUT2D eigenvalue weighted by Gasteiger charge is -2.03. The highest BCUT2D eigenvalue weighted by molar-refractivity contribution is 6.31. The predicted octanol–water partition coefficient (Wildman–Crippen LogP) is 2.14. The Morgan fingerprint density at radius 2 is 2.25 bits per heavy atom. The molecule has 4 heteroatoms. The van der Waals surface area contributed by atoms with Gasteiger partial charge >= 0.3 is 6.03 Å². The Bertz CT molecular complexity index is 312. The molecule has 0 bridgehead atoms. The van der Waals surface area contributed by atoms with E-state index in [0.717, 1.165) is 5.56 Å². The fourth-order valence-corrected chi connectivity index (χ4v) is 0.982. The number of benzene rings is 1. The quantitative estimate of drug-likeness (QED) is 0.690. The van der Waals surface area contributed by atoms with Crippen molar-refractivity contribution in [1.82, 2.24) is 0 Å². The summed E-state index contributed by atoms with van der Waals surface area (Å²) in [6, 6.07) is 4.59. The van der Waals surface area contributed by atoms with Crippen molar-refractivity contribution in [2.24, 2.45) is 5.73 Å². The van der Waals surface area contributed by atoms with Crippen molar-refractivity contribution in [3.8, 4) is 0 Å². The zero-order chi connectivity index (χ0) is 9.14. The maximum absolute atomic E-state index is 10.4. The molecule has 0 spiro atoms. The first-order chi connectivity index (χ1) is 5.59. The number of hydrogen-bond acceptors (Lipinski definition) is 1. The average Bonchev–Trinajstić information content (AvgIpc) is 1.96. The molecule has 0 unspecified atom stereocenters. The second-order valence-electron chi connectivity index (χ2n) is 2.45. The maximum Gasteiger partial charge on any atom is 0.316 e. The van der Waals surface area contributed by atoms with Gasteiger partial charge in [-0.1, -0.05) is 11.6 Å². The minimum atomic E-state index is -0.572. The summed E-state index contributed by atoms with van der Waals surface area (Å²) in [4.78, 5) is 10.4. The van der Waals surface area contributed by atoms with Crippen LogP contribution < -0.4 is 11.1 Å². The van der Waals surface area contributed by atoms with Crippen LogP contribution in [0.4, 0.5) is 10.5 Å². The summed E-state index contributed by atoms with van der Waals surface area (Å²) >= 11 is 5.77. The first-order valence-electron chi connectivity index (χ1n) is 3.42. The molecule has 0 radical (unpaired) electrons. The fourth-order valence-electron chi connectivity index (χ4n) is 0.865. The van der Waals surface area contributed by atoms with Gasteiger partial charge in [-0.3, -0.25) is 0 Å². The van der Waals surface area contributed by atoms with E-state index in [0.29, 0.717) is 10.7 Å². The van der Waals surface area contributed by atoms with E-state index in [1.807, 2.05) is 6.92 Å². The van der Waals surface area contributed by atoms with E-state index in [9.17, 15) is 4.79 Å². The average molecular weight is 185 g/mol. The van der Waals surface area contributed by atoms with Crippen LogP contribution >= 0.6 is 11.6 Å².